The molecule has 0 N–H and O–H groups in total. The Balaban J connectivity index is 0.000000361. The van der Waals surface area contributed by atoms with Gasteiger partial charge in [0.2, 0.25) is 0 Å². The second kappa shape index (κ2) is 15.8. The van der Waals surface area contributed by atoms with Crippen LogP contribution < -0.4 is 10.3 Å². The Bertz CT molecular complexity index is 852. The third-order valence-corrected chi connectivity index (χ3v) is 4.60. The molecule has 1 saturated heterocycles. The Morgan fingerprint density at radius 3 is 2.61 bits per heavy atom. The zero-order valence-corrected chi connectivity index (χ0v) is 24.4. The van der Waals surface area contributed by atoms with E-state index in [0.29, 0.717) is 32.3 Å². The molecule has 0 radical (unpaired) electrons. The van der Waals surface area contributed by atoms with Crippen molar-refractivity contribution < 1.29 is 50.1 Å². The Morgan fingerprint density at radius 2 is 2.00 bits per heavy atom. The molecule has 1 aliphatic rings. The molecule has 1 atom stereocenters. The van der Waals surface area contributed by atoms with Crippen LogP contribution in [0.2, 0.25) is 5.02 Å². The summed E-state index contributed by atoms with van der Waals surface area (Å²) in [6, 6.07) is 6.19. The molecule has 1 unspecified atom stereocenters. The minimum atomic E-state index is -0.337. The first kappa shape index (κ1) is 30.0. The van der Waals surface area contributed by atoms with Gasteiger partial charge in [-0.1, -0.05) is 17.3 Å². The van der Waals surface area contributed by atoms with E-state index in [1.54, 1.807) is 12.3 Å². The third-order valence-electron chi connectivity index (χ3n) is 4.32. The molecular weight excluding hydrogens is 672 g/mol. The molecule has 2 aromatic rings. The normalized spacial score (nSPS) is 15.7. The number of halogens is 1. The van der Waals surface area contributed by atoms with Gasteiger partial charge in [-0.2, -0.15) is 18.6 Å². The van der Waals surface area contributed by atoms with Gasteiger partial charge in [-0.05, 0) is 46.2 Å². The number of nitrogens with zero attached hydrogens (tertiary/aromatic N) is 3. The van der Waals surface area contributed by atoms with Crippen molar-refractivity contribution in [3.8, 4) is 5.88 Å². The summed E-state index contributed by atoms with van der Waals surface area (Å²) >= 11 is 5.59. The number of hydrogen-bond donors (Lipinski definition) is 0. The van der Waals surface area contributed by atoms with Crippen LogP contribution >= 0.6 is 11.6 Å². The molecule has 33 heavy (non-hydrogen) atoms. The molecule has 0 saturated carbocycles. The maximum Gasteiger partial charge on any atom is 0.188 e. The van der Waals surface area contributed by atoms with Gasteiger partial charge in [0.05, 0.1) is 19.8 Å². The van der Waals surface area contributed by atoms with Gasteiger partial charge in [-0.3, -0.25) is 4.98 Å². The molecule has 3 rings (SSSR count). The standard InChI is InChI=1S/C15H22NO4.C8H10ClN2O.U/c1-13-5-6-14(16-12-13)18-10-8-17-9-11-20-15-4-2-3-7-19-15;1-8(2,3)11-7(12)6(9)4-5-10-11;/h5-6,12,15H,1-4,7-11H2;5H,1-3H3;/q2*-1;. The van der Waals surface area contributed by atoms with Crippen molar-refractivity contribution in [3.05, 3.63) is 58.5 Å². The smallest absolute Gasteiger partial charge is 0.188 e. The van der Waals surface area contributed by atoms with E-state index in [0.717, 1.165) is 25.0 Å². The largest absolute Gasteiger partial charge is 0.477 e. The van der Waals surface area contributed by atoms with Crippen LogP contribution in [0.4, 0.5) is 0 Å². The predicted molar refractivity (Wildman–Crippen MR) is 122 cm³/mol. The van der Waals surface area contributed by atoms with Gasteiger partial charge >= 0.3 is 0 Å². The van der Waals surface area contributed by atoms with Crippen LogP contribution in [0.15, 0.2) is 29.3 Å². The number of aromatic nitrogens is 3. The molecular formula is C23H32ClN3O5U-2. The van der Waals surface area contributed by atoms with E-state index >= 15 is 0 Å². The number of rotatable bonds is 8. The summed E-state index contributed by atoms with van der Waals surface area (Å²) in [7, 11) is 0. The van der Waals surface area contributed by atoms with Gasteiger partial charge in [-0.15, -0.1) is 11.6 Å². The number of pyridine rings is 1. The molecule has 1 aliphatic heterocycles. The third kappa shape index (κ3) is 11.7. The summed E-state index contributed by atoms with van der Waals surface area (Å²) in [5.74, 6) is 0.591. The Hall–Kier alpha value is -1.08. The van der Waals surface area contributed by atoms with Crippen molar-refractivity contribution in [1.82, 2.24) is 14.8 Å². The summed E-state index contributed by atoms with van der Waals surface area (Å²) in [5, 5.41) is 3.96. The SMILES string of the molecule is CC(C)(C)n1nc[c-]c(Cl)c1=O.[CH2-]c1ccc(OCCOCCOC2CCCCO2)nc1.[U]. The van der Waals surface area contributed by atoms with E-state index in [1.807, 2.05) is 26.8 Å². The molecule has 0 bridgehead atoms. The number of hydrogen-bond acceptors (Lipinski definition) is 7. The van der Waals surface area contributed by atoms with E-state index in [-0.39, 0.29) is 53.5 Å². The minimum absolute atomic E-state index is 0. The summed E-state index contributed by atoms with van der Waals surface area (Å²) in [5.41, 5.74) is 0.234. The van der Waals surface area contributed by atoms with Crippen LogP contribution in [0.5, 0.6) is 5.88 Å². The van der Waals surface area contributed by atoms with Gasteiger partial charge in [0.25, 0.3) is 0 Å². The van der Waals surface area contributed by atoms with Crippen molar-refractivity contribution in [2.75, 3.05) is 33.0 Å². The fourth-order valence-corrected chi connectivity index (χ4v) is 2.84. The van der Waals surface area contributed by atoms with Gasteiger partial charge in [0.15, 0.2) is 12.2 Å². The zero-order valence-electron chi connectivity index (χ0n) is 19.5. The maximum atomic E-state index is 11.4. The quantitative estimate of drug-likeness (QED) is 0.307. The fraction of sp³-hybridized carbons (Fsp3) is 0.565. The van der Waals surface area contributed by atoms with Crippen molar-refractivity contribution in [3.63, 3.8) is 0 Å². The second-order valence-electron chi connectivity index (χ2n) is 8.12. The topological polar surface area (TPSA) is 84.7 Å². The molecule has 8 nitrogen and oxygen atoms in total. The average Bonchev–Trinajstić information content (AvgIpc) is 2.76. The maximum absolute atomic E-state index is 11.4. The first-order valence-corrected chi connectivity index (χ1v) is 11.0. The van der Waals surface area contributed by atoms with Gasteiger partial charge in [0, 0.05) is 43.3 Å². The fourth-order valence-electron chi connectivity index (χ4n) is 2.71. The first-order chi connectivity index (χ1) is 15.3. The van der Waals surface area contributed by atoms with Gasteiger partial charge < -0.3 is 28.4 Å². The summed E-state index contributed by atoms with van der Waals surface area (Å²) < 4.78 is 23.2. The molecule has 1 fully saturated rings. The van der Waals surface area contributed by atoms with Crippen LogP contribution in [-0.4, -0.2) is 54.1 Å². The molecule has 3 heterocycles. The van der Waals surface area contributed by atoms with E-state index in [9.17, 15) is 4.79 Å². The molecule has 2 aromatic heterocycles. The van der Waals surface area contributed by atoms with Crippen LogP contribution in [0.1, 0.15) is 45.6 Å². The van der Waals surface area contributed by atoms with E-state index in [1.165, 1.54) is 17.3 Å². The molecule has 0 spiro atoms. The zero-order chi connectivity index (χ0) is 23.4. The first-order valence-electron chi connectivity index (χ1n) is 10.6. The average molecular weight is 704 g/mol. The molecule has 0 amide bonds. The van der Waals surface area contributed by atoms with Crippen molar-refractivity contribution >= 4 is 11.6 Å². The Morgan fingerprint density at radius 1 is 1.24 bits per heavy atom. The number of ether oxygens (including phenoxy) is 4. The minimum Gasteiger partial charge on any atom is -0.477 e. The van der Waals surface area contributed by atoms with Crippen LogP contribution in [0.3, 0.4) is 0 Å². The van der Waals surface area contributed by atoms with Gasteiger partial charge in [-0.25, -0.2) is 11.2 Å². The molecule has 182 valence electrons. The van der Waals surface area contributed by atoms with E-state index in [2.05, 4.69) is 23.1 Å². The summed E-state index contributed by atoms with van der Waals surface area (Å²) in [4.78, 5) is 15.4. The second-order valence-corrected chi connectivity index (χ2v) is 8.50. The predicted octanol–water partition coefficient (Wildman–Crippen LogP) is 3.65. The van der Waals surface area contributed by atoms with Crippen LogP contribution in [0, 0.1) is 44.1 Å². The van der Waals surface area contributed by atoms with Gasteiger partial charge in [0.1, 0.15) is 12.2 Å². The molecule has 10 heteroatoms. The molecule has 0 aromatic carbocycles. The van der Waals surface area contributed by atoms with Crippen LogP contribution in [-0.2, 0) is 19.7 Å². The Labute approximate surface area is 224 Å². The van der Waals surface area contributed by atoms with Crippen LogP contribution in [0.25, 0.3) is 0 Å². The Kier molecular flexibility index (Phi) is 14.3. The van der Waals surface area contributed by atoms with Crippen molar-refractivity contribution in [1.29, 1.82) is 0 Å². The monoisotopic (exact) mass is 703 g/mol. The van der Waals surface area contributed by atoms with E-state index < -0.39 is 0 Å². The van der Waals surface area contributed by atoms with E-state index in [4.69, 9.17) is 30.5 Å². The summed E-state index contributed by atoms with van der Waals surface area (Å²) in [6.07, 6.45) is 6.32. The van der Waals surface area contributed by atoms with Crippen molar-refractivity contribution in [2.45, 2.75) is 51.9 Å². The summed E-state index contributed by atoms with van der Waals surface area (Å²) in [6.45, 7) is 12.3. The molecule has 0 aliphatic carbocycles. The van der Waals surface area contributed by atoms with Crippen molar-refractivity contribution in [2.24, 2.45) is 0 Å².